The molecular weight excluding hydrogens is 600 g/mol. The van der Waals surface area contributed by atoms with Crippen molar-refractivity contribution >= 4 is 17.6 Å². The number of methoxy groups -OCH3 is 1. The number of phenolic OH excluding ortho intramolecular Hbond substituents is 1. The van der Waals surface area contributed by atoms with Crippen molar-refractivity contribution in [2.75, 3.05) is 27.2 Å². The van der Waals surface area contributed by atoms with Crippen LogP contribution < -0.4 is 19.9 Å². The molecule has 11 nitrogen and oxygen atoms in total. The van der Waals surface area contributed by atoms with Crippen LogP contribution in [-0.4, -0.2) is 65.5 Å². The van der Waals surface area contributed by atoms with E-state index in [-0.39, 0.29) is 28.6 Å². The van der Waals surface area contributed by atoms with Crippen LogP contribution in [0.3, 0.4) is 0 Å². The molecule has 46 heavy (non-hydrogen) atoms. The van der Waals surface area contributed by atoms with Gasteiger partial charge in [0, 0.05) is 19.2 Å². The van der Waals surface area contributed by atoms with Crippen molar-refractivity contribution in [1.82, 2.24) is 9.88 Å². The highest BCUT2D eigenvalue weighted by atomic mass is 19.1. The van der Waals surface area contributed by atoms with Crippen LogP contribution in [0, 0.1) is 22.5 Å². The molecule has 2 aliphatic rings. The van der Waals surface area contributed by atoms with E-state index in [2.05, 4.69) is 16.6 Å². The lowest BCUT2D eigenvalue weighted by Crippen LogP contribution is -2.56. The van der Waals surface area contributed by atoms with E-state index in [0.717, 1.165) is 19.0 Å². The predicted molar refractivity (Wildman–Crippen MR) is 166 cm³/mol. The van der Waals surface area contributed by atoms with Gasteiger partial charge in [-0.1, -0.05) is 13.0 Å². The van der Waals surface area contributed by atoms with E-state index >= 15 is 8.78 Å². The third kappa shape index (κ3) is 5.80. The number of nitrogens with zero attached hydrogens (tertiary/aromatic N) is 3. The van der Waals surface area contributed by atoms with Gasteiger partial charge < -0.3 is 34.7 Å². The van der Waals surface area contributed by atoms with Gasteiger partial charge in [0.15, 0.2) is 17.3 Å². The first-order valence-electron chi connectivity index (χ1n) is 14.6. The molecule has 2 aromatic carbocycles. The van der Waals surface area contributed by atoms with Gasteiger partial charge in [-0.3, -0.25) is 15.2 Å². The number of pyridine rings is 1. The summed E-state index contributed by atoms with van der Waals surface area (Å²) < 4.78 is 53.8. The minimum atomic E-state index is -1.28. The summed E-state index contributed by atoms with van der Waals surface area (Å²) in [5.74, 6) is -4.29. The molecule has 1 aliphatic carbocycles. The molecule has 0 saturated heterocycles. The number of hydrogen-bond donors (Lipinski definition) is 3. The molecule has 4 N–H and O–H groups in total. The lowest BCUT2D eigenvalue weighted by molar-refractivity contribution is -0.167. The number of esters is 1. The third-order valence-electron chi connectivity index (χ3n) is 8.51. The Morgan fingerprint density at radius 3 is 2.59 bits per heavy atom. The number of benzene rings is 2. The average Bonchev–Trinajstić information content (AvgIpc) is 3.48. The smallest absolute Gasteiger partial charge is 0.315 e. The summed E-state index contributed by atoms with van der Waals surface area (Å²) in [6.07, 6.45) is 5.05. The van der Waals surface area contributed by atoms with E-state index in [1.165, 1.54) is 31.4 Å². The van der Waals surface area contributed by atoms with Gasteiger partial charge in [0.2, 0.25) is 11.6 Å². The lowest BCUT2D eigenvalue weighted by atomic mass is 9.64. The molecule has 13 heteroatoms. The van der Waals surface area contributed by atoms with E-state index in [1.54, 1.807) is 25.1 Å². The number of hydrogen-bond acceptors (Lipinski definition) is 10. The molecule has 1 saturated carbocycles. The molecule has 2 unspecified atom stereocenters. The highest BCUT2D eigenvalue weighted by Crippen LogP contribution is 2.49. The molecule has 0 amide bonds. The fraction of sp³-hybridized carbons (Fsp3) is 0.333. The quantitative estimate of drug-likeness (QED) is 0.111. The molecule has 0 bridgehead atoms. The van der Waals surface area contributed by atoms with E-state index < -0.39 is 40.2 Å². The zero-order chi connectivity index (χ0) is 33.2. The first-order valence-corrected chi connectivity index (χ1v) is 14.6. The summed E-state index contributed by atoms with van der Waals surface area (Å²) in [5, 5.41) is 17.8. The number of halogens is 2. The largest absolute Gasteiger partial charge is 0.504 e. The van der Waals surface area contributed by atoms with E-state index in [4.69, 9.17) is 30.1 Å². The van der Waals surface area contributed by atoms with Crippen LogP contribution in [0.25, 0.3) is 0 Å². The Labute approximate surface area is 264 Å². The Bertz CT molecular complexity index is 1730. The minimum Gasteiger partial charge on any atom is -0.504 e. The van der Waals surface area contributed by atoms with Gasteiger partial charge in [0.1, 0.15) is 34.2 Å². The van der Waals surface area contributed by atoms with Crippen molar-refractivity contribution in [2.24, 2.45) is 16.1 Å². The van der Waals surface area contributed by atoms with Crippen LogP contribution in [0.1, 0.15) is 43.7 Å². The van der Waals surface area contributed by atoms with Crippen molar-refractivity contribution in [1.29, 1.82) is 5.41 Å². The maximum atomic E-state index is 15.7. The van der Waals surface area contributed by atoms with Crippen molar-refractivity contribution in [3.63, 3.8) is 0 Å². The van der Waals surface area contributed by atoms with Gasteiger partial charge in [0.25, 0.3) is 5.88 Å². The SMILES string of the molecule is C=CC1(Oc2ccc(Oc3c(F)cnc(Oc4cc(C(=N)N)ccc4O)c3F)c(C3=NCCN3C)c2)CCCCC1(C)C(=O)OC. The second kappa shape index (κ2) is 12.7. The number of carbonyl (C=O) groups is 1. The highest BCUT2D eigenvalue weighted by molar-refractivity contribution is 6.02. The standard InChI is InChI=1S/C33H35F2N5O6/c1-5-33(13-7-6-12-32(33,2)31(42)43-4)46-20-9-11-24(21(17-20)29-38-14-15-40(29)3)44-27-22(34)18-39-30(26(27)35)45-25-16-19(28(36)37)8-10-23(25)41/h5,8-11,16-18,41H,1,6-7,12-15H2,2-4H3,(H3,36,37). The Hall–Kier alpha value is -5.20. The van der Waals surface area contributed by atoms with Gasteiger partial charge >= 0.3 is 5.97 Å². The van der Waals surface area contributed by atoms with Crippen LogP contribution in [0.5, 0.6) is 34.6 Å². The highest BCUT2D eigenvalue weighted by Gasteiger charge is 2.56. The van der Waals surface area contributed by atoms with Crippen LogP contribution in [-0.2, 0) is 9.53 Å². The zero-order valence-electron chi connectivity index (χ0n) is 25.7. The van der Waals surface area contributed by atoms with E-state index in [0.29, 0.717) is 43.1 Å². The van der Waals surface area contributed by atoms with E-state index in [9.17, 15) is 9.90 Å². The van der Waals surface area contributed by atoms with Crippen LogP contribution in [0.15, 0.2) is 60.2 Å². The monoisotopic (exact) mass is 635 g/mol. The fourth-order valence-electron chi connectivity index (χ4n) is 5.83. The lowest BCUT2D eigenvalue weighted by Gasteiger charge is -2.47. The maximum Gasteiger partial charge on any atom is 0.315 e. The first kappa shape index (κ1) is 32.2. The second-order valence-electron chi connectivity index (χ2n) is 11.4. The van der Waals surface area contributed by atoms with Crippen molar-refractivity contribution in [3.8, 4) is 34.6 Å². The summed E-state index contributed by atoms with van der Waals surface area (Å²) in [6.45, 7) is 6.91. The summed E-state index contributed by atoms with van der Waals surface area (Å²) in [6, 6.07) is 8.54. The topological polar surface area (TPSA) is 153 Å². The Morgan fingerprint density at radius 2 is 1.91 bits per heavy atom. The van der Waals surface area contributed by atoms with Crippen LogP contribution in [0.4, 0.5) is 8.78 Å². The summed E-state index contributed by atoms with van der Waals surface area (Å²) in [4.78, 5) is 23.1. The number of likely N-dealkylation sites (N-methyl/N-ethyl adjacent to an activating group) is 1. The Balaban J connectivity index is 1.53. The molecule has 1 aliphatic heterocycles. The number of ether oxygens (including phenoxy) is 4. The van der Waals surface area contributed by atoms with Crippen molar-refractivity contribution in [2.45, 2.75) is 38.2 Å². The number of aromatic hydroxyl groups is 1. The molecule has 0 spiro atoms. The zero-order valence-corrected chi connectivity index (χ0v) is 25.7. The molecular formula is C33H35F2N5O6. The number of rotatable bonds is 10. The molecule has 2 atom stereocenters. The molecule has 1 fully saturated rings. The normalized spacial score (nSPS) is 20.9. The fourth-order valence-corrected chi connectivity index (χ4v) is 5.83. The average molecular weight is 636 g/mol. The Morgan fingerprint density at radius 1 is 1.15 bits per heavy atom. The van der Waals surface area contributed by atoms with Crippen LogP contribution >= 0.6 is 0 Å². The summed E-state index contributed by atoms with van der Waals surface area (Å²) >= 11 is 0. The number of nitrogen functional groups attached to an aromatic ring is 1. The molecule has 5 rings (SSSR count). The summed E-state index contributed by atoms with van der Waals surface area (Å²) in [5.41, 5.74) is 4.02. The van der Waals surface area contributed by atoms with Gasteiger partial charge in [-0.05, 0) is 68.7 Å². The number of aromatic nitrogens is 1. The predicted octanol–water partition coefficient (Wildman–Crippen LogP) is 5.68. The van der Waals surface area contributed by atoms with Gasteiger partial charge in [-0.15, -0.1) is 0 Å². The van der Waals surface area contributed by atoms with E-state index in [1.807, 2.05) is 11.9 Å². The number of phenols is 1. The van der Waals surface area contributed by atoms with Gasteiger partial charge in [-0.25, -0.2) is 9.37 Å². The second-order valence-corrected chi connectivity index (χ2v) is 11.4. The third-order valence-corrected chi connectivity index (χ3v) is 8.51. The van der Waals surface area contributed by atoms with Gasteiger partial charge in [0.05, 0.1) is 25.4 Å². The molecule has 1 aromatic heterocycles. The molecule has 0 radical (unpaired) electrons. The Kier molecular flexibility index (Phi) is 8.86. The number of nitrogens with two attached hydrogens (primary N) is 1. The van der Waals surface area contributed by atoms with Gasteiger partial charge in [-0.2, -0.15) is 4.39 Å². The summed E-state index contributed by atoms with van der Waals surface area (Å²) in [7, 11) is 3.17. The number of carbonyl (C=O) groups excluding carboxylic acids is 1. The molecule has 242 valence electrons. The van der Waals surface area contributed by atoms with Crippen molar-refractivity contribution in [3.05, 3.63) is 78.0 Å². The maximum absolute atomic E-state index is 15.7. The number of amidine groups is 2. The first-order chi connectivity index (χ1) is 21.9. The van der Waals surface area contributed by atoms with Crippen LogP contribution in [0.2, 0.25) is 0 Å². The minimum absolute atomic E-state index is 0.0586. The van der Waals surface area contributed by atoms with Crippen molar-refractivity contribution < 1.29 is 37.6 Å². The molecule has 3 aromatic rings. The number of aliphatic imine (C=N–C) groups is 1. The number of nitrogens with one attached hydrogen (secondary N) is 1. The molecule has 2 heterocycles.